The first kappa shape index (κ1) is 18.5. The fraction of sp³-hybridized carbons (Fsp3) is 0.500. The number of carbonyl (C=O) groups is 1. The average Bonchev–Trinajstić information content (AvgIpc) is 2.41. The van der Waals surface area contributed by atoms with Crippen molar-refractivity contribution in [2.45, 2.75) is 26.3 Å². The van der Waals surface area contributed by atoms with Crippen LogP contribution in [0.3, 0.4) is 0 Å². The standard InChI is InChI=1S/C14H22N2O3.ClH/c1-3-4-7-16-9-11-5-6-12(18-2)13(8-11)19-10-14(15)17;/h5-6,8,16H,3-4,7,9-10H2,1-2H3,(H2,15,17);1H. The van der Waals surface area contributed by atoms with Crippen molar-refractivity contribution >= 4 is 18.3 Å². The van der Waals surface area contributed by atoms with E-state index in [1.807, 2.05) is 18.2 Å². The molecule has 0 atom stereocenters. The van der Waals surface area contributed by atoms with E-state index in [-0.39, 0.29) is 19.0 Å². The van der Waals surface area contributed by atoms with Gasteiger partial charge < -0.3 is 20.5 Å². The molecular formula is C14H23ClN2O3. The van der Waals surface area contributed by atoms with Crippen LogP contribution in [0.15, 0.2) is 18.2 Å². The number of hydrogen-bond acceptors (Lipinski definition) is 4. The number of nitrogens with one attached hydrogen (secondary N) is 1. The second-order valence-electron chi connectivity index (χ2n) is 4.27. The number of nitrogens with two attached hydrogens (primary N) is 1. The Morgan fingerprint density at radius 3 is 2.70 bits per heavy atom. The minimum absolute atomic E-state index is 0. The molecule has 0 fully saturated rings. The van der Waals surface area contributed by atoms with Gasteiger partial charge >= 0.3 is 0 Å². The smallest absolute Gasteiger partial charge is 0.255 e. The first-order chi connectivity index (χ1) is 9.17. The van der Waals surface area contributed by atoms with Crippen molar-refractivity contribution < 1.29 is 14.3 Å². The number of methoxy groups -OCH3 is 1. The summed E-state index contributed by atoms with van der Waals surface area (Å²) in [7, 11) is 1.56. The van der Waals surface area contributed by atoms with Gasteiger partial charge in [0, 0.05) is 6.54 Å². The van der Waals surface area contributed by atoms with E-state index in [1.54, 1.807) is 7.11 Å². The summed E-state index contributed by atoms with van der Waals surface area (Å²) in [5.41, 5.74) is 6.15. The van der Waals surface area contributed by atoms with Gasteiger partial charge in [0.15, 0.2) is 18.1 Å². The van der Waals surface area contributed by atoms with E-state index >= 15 is 0 Å². The lowest BCUT2D eigenvalue weighted by Crippen LogP contribution is -2.20. The van der Waals surface area contributed by atoms with E-state index in [2.05, 4.69) is 12.2 Å². The second-order valence-corrected chi connectivity index (χ2v) is 4.27. The summed E-state index contributed by atoms with van der Waals surface area (Å²) in [5.74, 6) is 0.628. The zero-order chi connectivity index (χ0) is 14.1. The summed E-state index contributed by atoms with van der Waals surface area (Å²) in [6, 6.07) is 5.66. The Balaban J connectivity index is 0.00000361. The third kappa shape index (κ3) is 6.63. The summed E-state index contributed by atoms with van der Waals surface area (Å²) in [5, 5.41) is 3.34. The van der Waals surface area contributed by atoms with Gasteiger partial charge in [-0.3, -0.25) is 4.79 Å². The first-order valence-corrected chi connectivity index (χ1v) is 6.46. The molecule has 1 aromatic carbocycles. The highest BCUT2D eigenvalue weighted by molar-refractivity contribution is 5.85. The highest BCUT2D eigenvalue weighted by Gasteiger charge is 2.07. The molecule has 114 valence electrons. The predicted molar refractivity (Wildman–Crippen MR) is 81.5 cm³/mol. The molecule has 0 spiro atoms. The Labute approximate surface area is 126 Å². The number of ether oxygens (including phenoxy) is 2. The summed E-state index contributed by atoms with van der Waals surface area (Å²) in [4.78, 5) is 10.7. The number of hydrogen-bond donors (Lipinski definition) is 2. The second kappa shape index (κ2) is 10.3. The van der Waals surface area contributed by atoms with Crippen molar-refractivity contribution in [1.82, 2.24) is 5.32 Å². The van der Waals surface area contributed by atoms with E-state index in [1.165, 1.54) is 6.42 Å². The largest absolute Gasteiger partial charge is 0.493 e. The molecule has 0 aliphatic rings. The number of carbonyl (C=O) groups excluding carboxylic acids is 1. The molecule has 0 bridgehead atoms. The van der Waals surface area contributed by atoms with Crippen molar-refractivity contribution in [3.05, 3.63) is 23.8 Å². The number of unbranched alkanes of at least 4 members (excludes halogenated alkanes) is 1. The van der Waals surface area contributed by atoms with Crippen LogP contribution in [0.2, 0.25) is 0 Å². The van der Waals surface area contributed by atoms with Crippen molar-refractivity contribution in [3.63, 3.8) is 0 Å². The van der Waals surface area contributed by atoms with E-state index < -0.39 is 5.91 Å². The van der Waals surface area contributed by atoms with Crippen LogP contribution in [0.1, 0.15) is 25.3 Å². The maximum atomic E-state index is 10.7. The van der Waals surface area contributed by atoms with Gasteiger partial charge in [0.25, 0.3) is 5.91 Å². The van der Waals surface area contributed by atoms with Crippen LogP contribution in [-0.2, 0) is 11.3 Å². The van der Waals surface area contributed by atoms with Crippen molar-refractivity contribution in [2.24, 2.45) is 5.73 Å². The molecule has 1 rings (SSSR count). The molecule has 0 saturated heterocycles. The average molecular weight is 303 g/mol. The van der Waals surface area contributed by atoms with Gasteiger partial charge in [-0.25, -0.2) is 0 Å². The molecule has 3 N–H and O–H groups in total. The Morgan fingerprint density at radius 2 is 2.10 bits per heavy atom. The summed E-state index contributed by atoms with van der Waals surface area (Å²) in [6.45, 7) is 3.75. The highest BCUT2D eigenvalue weighted by Crippen LogP contribution is 2.27. The van der Waals surface area contributed by atoms with Gasteiger partial charge in [0.2, 0.25) is 0 Å². The van der Waals surface area contributed by atoms with Gasteiger partial charge in [-0.1, -0.05) is 19.4 Å². The molecule has 0 saturated carbocycles. The molecule has 0 heterocycles. The minimum Gasteiger partial charge on any atom is -0.493 e. The summed E-state index contributed by atoms with van der Waals surface area (Å²) < 4.78 is 10.5. The maximum absolute atomic E-state index is 10.7. The van der Waals surface area contributed by atoms with Crippen LogP contribution in [0, 0.1) is 0 Å². The lowest BCUT2D eigenvalue weighted by atomic mass is 10.2. The molecule has 0 aromatic heterocycles. The molecule has 5 nitrogen and oxygen atoms in total. The van der Waals surface area contributed by atoms with Crippen molar-refractivity contribution in [2.75, 3.05) is 20.3 Å². The molecule has 1 aromatic rings. The third-order valence-corrected chi connectivity index (χ3v) is 2.63. The van der Waals surface area contributed by atoms with Gasteiger partial charge in [-0.15, -0.1) is 12.4 Å². The normalized spacial score (nSPS) is 9.70. The molecule has 0 unspecified atom stereocenters. The lowest BCUT2D eigenvalue weighted by molar-refractivity contribution is -0.119. The van der Waals surface area contributed by atoms with Gasteiger partial charge in [-0.05, 0) is 30.7 Å². The summed E-state index contributed by atoms with van der Waals surface area (Å²) in [6.07, 6.45) is 2.32. The SMILES string of the molecule is CCCCNCc1ccc(OC)c(OCC(N)=O)c1.Cl. The van der Waals surface area contributed by atoms with Gasteiger partial charge in [0.1, 0.15) is 0 Å². The quantitative estimate of drug-likeness (QED) is 0.683. The number of primary amides is 1. The highest BCUT2D eigenvalue weighted by atomic mass is 35.5. The zero-order valence-electron chi connectivity index (χ0n) is 12.0. The lowest BCUT2D eigenvalue weighted by Gasteiger charge is -2.11. The molecule has 0 radical (unpaired) electrons. The van der Waals surface area contributed by atoms with Crippen LogP contribution in [0.4, 0.5) is 0 Å². The molecule has 1 amide bonds. The minimum atomic E-state index is -0.506. The van der Waals surface area contributed by atoms with E-state index in [4.69, 9.17) is 15.2 Å². The fourth-order valence-electron chi connectivity index (χ4n) is 1.63. The number of benzene rings is 1. The topological polar surface area (TPSA) is 73.6 Å². The first-order valence-electron chi connectivity index (χ1n) is 6.46. The summed E-state index contributed by atoms with van der Waals surface area (Å²) >= 11 is 0. The molecule has 0 aliphatic carbocycles. The van der Waals surface area contributed by atoms with Gasteiger partial charge in [0.05, 0.1) is 7.11 Å². The van der Waals surface area contributed by atoms with Crippen molar-refractivity contribution in [1.29, 1.82) is 0 Å². The molecule has 6 heteroatoms. The van der Waals surface area contributed by atoms with Crippen LogP contribution in [0.25, 0.3) is 0 Å². The van der Waals surface area contributed by atoms with Crippen LogP contribution in [-0.4, -0.2) is 26.2 Å². The van der Waals surface area contributed by atoms with Crippen LogP contribution < -0.4 is 20.5 Å². The predicted octanol–water partition coefficient (Wildman–Crippen LogP) is 1.87. The van der Waals surface area contributed by atoms with E-state index in [0.29, 0.717) is 11.5 Å². The maximum Gasteiger partial charge on any atom is 0.255 e. The third-order valence-electron chi connectivity index (χ3n) is 2.63. The van der Waals surface area contributed by atoms with Crippen molar-refractivity contribution in [3.8, 4) is 11.5 Å². The molecule has 0 aliphatic heterocycles. The number of rotatable bonds is 9. The zero-order valence-corrected chi connectivity index (χ0v) is 12.8. The van der Waals surface area contributed by atoms with Crippen LogP contribution in [0.5, 0.6) is 11.5 Å². The van der Waals surface area contributed by atoms with Crippen LogP contribution >= 0.6 is 12.4 Å². The Morgan fingerprint density at radius 1 is 1.35 bits per heavy atom. The Bertz CT molecular complexity index is 413. The van der Waals surface area contributed by atoms with E-state index in [0.717, 1.165) is 25.1 Å². The number of halogens is 1. The molecular weight excluding hydrogens is 280 g/mol. The molecule has 20 heavy (non-hydrogen) atoms. The number of amides is 1. The van der Waals surface area contributed by atoms with E-state index in [9.17, 15) is 4.79 Å². The Kier molecular flexibility index (Phi) is 9.59. The fourth-order valence-corrected chi connectivity index (χ4v) is 1.63. The monoisotopic (exact) mass is 302 g/mol. The Hall–Kier alpha value is -1.46. The van der Waals surface area contributed by atoms with Gasteiger partial charge in [-0.2, -0.15) is 0 Å².